The third-order valence-electron chi connectivity index (χ3n) is 2.32. The number of hydrogen-bond acceptors (Lipinski definition) is 5. The summed E-state index contributed by atoms with van der Waals surface area (Å²) in [6.45, 7) is 6.30. The highest BCUT2D eigenvalue weighted by Gasteiger charge is 2.19. The van der Waals surface area contributed by atoms with Crippen LogP contribution < -0.4 is 4.90 Å². The van der Waals surface area contributed by atoms with Crippen molar-refractivity contribution in [3.8, 4) is 6.07 Å². The molecule has 1 rings (SSSR count). The molecule has 1 aromatic rings. The van der Waals surface area contributed by atoms with Crippen LogP contribution >= 0.6 is 11.3 Å². The maximum absolute atomic E-state index is 10.9. The first-order chi connectivity index (χ1) is 7.97. The van der Waals surface area contributed by atoms with Gasteiger partial charge < -0.3 is 10.0 Å². The molecule has 0 aliphatic carbocycles. The van der Waals surface area contributed by atoms with Crippen molar-refractivity contribution in [2.24, 2.45) is 0 Å². The van der Waals surface area contributed by atoms with E-state index < -0.39 is 5.97 Å². The predicted octanol–water partition coefficient (Wildman–Crippen LogP) is 2.28. The number of aromatic nitrogens is 1. The Labute approximate surface area is 104 Å². The molecule has 0 amide bonds. The van der Waals surface area contributed by atoms with Crippen molar-refractivity contribution in [3.63, 3.8) is 0 Å². The van der Waals surface area contributed by atoms with Gasteiger partial charge in [0.1, 0.15) is 0 Å². The summed E-state index contributed by atoms with van der Waals surface area (Å²) in [5, 5.41) is 18.2. The number of carbonyl (C=O) groups is 1. The predicted molar refractivity (Wildman–Crippen MR) is 66.5 cm³/mol. The van der Waals surface area contributed by atoms with E-state index >= 15 is 0 Å². The van der Waals surface area contributed by atoms with E-state index in [2.05, 4.69) is 11.1 Å². The normalized spacial score (nSPS) is 10.3. The van der Waals surface area contributed by atoms with E-state index in [0.29, 0.717) is 23.0 Å². The van der Waals surface area contributed by atoms with E-state index in [1.807, 2.05) is 18.7 Å². The average molecular weight is 253 g/mol. The van der Waals surface area contributed by atoms with Crippen molar-refractivity contribution in [1.29, 1.82) is 5.26 Å². The molecule has 0 saturated carbocycles. The lowest BCUT2D eigenvalue weighted by atomic mass is 10.3. The summed E-state index contributed by atoms with van der Waals surface area (Å²) in [5.74, 6) is -1.01. The molecule has 5 nitrogen and oxygen atoms in total. The molecule has 92 valence electrons. The molecule has 0 aliphatic rings. The number of aryl methyl sites for hydroxylation is 1. The summed E-state index contributed by atoms with van der Waals surface area (Å²) in [6, 6.07) is 2.28. The van der Waals surface area contributed by atoms with Crippen LogP contribution in [0.25, 0.3) is 0 Å². The molecular weight excluding hydrogens is 238 g/mol. The molecule has 0 aromatic carbocycles. The first kappa shape index (κ1) is 13.5. The summed E-state index contributed by atoms with van der Waals surface area (Å²) < 4.78 is 0. The largest absolute Gasteiger partial charge is 0.476 e. The minimum absolute atomic E-state index is 0.104. The van der Waals surface area contributed by atoms with Gasteiger partial charge >= 0.3 is 5.97 Å². The molecule has 0 fully saturated rings. The fraction of sp³-hybridized carbons (Fsp3) is 0.545. The van der Waals surface area contributed by atoms with Gasteiger partial charge in [0.2, 0.25) is 0 Å². The van der Waals surface area contributed by atoms with Gasteiger partial charge in [0.25, 0.3) is 0 Å². The van der Waals surface area contributed by atoms with Crippen LogP contribution in [-0.4, -0.2) is 28.6 Å². The van der Waals surface area contributed by atoms with Gasteiger partial charge in [0.15, 0.2) is 10.8 Å². The van der Waals surface area contributed by atoms with Gasteiger partial charge in [-0.3, -0.25) is 0 Å². The van der Waals surface area contributed by atoms with Gasteiger partial charge in [0, 0.05) is 17.5 Å². The molecule has 6 heteroatoms. The summed E-state index contributed by atoms with van der Waals surface area (Å²) in [4.78, 5) is 17.7. The second-order valence-electron chi connectivity index (χ2n) is 3.90. The van der Waals surface area contributed by atoms with E-state index in [0.717, 1.165) is 0 Å². The topological polar surface area (TPSA) is 77.2 Å². The van der Waals surface area contributed by atoms with E-state index in [1.54, 1.807) is 6.92 Å². The number of carboxylic acid groups (broad SMARTS) is 1. The molecule has 0 atom stereocenters. The van der Waals surface area contributed by atoms with Gasteiger partial charge in [-0.25, -0.2) is 9.78 Å². The maximum Gasteiger partial charge on any atom is 0.355 e. The van der Waals surface area contributed by atoms with E-state index in [4.69, 9.17) is 10.4 Å². The monoisotopic (exact) mass is 253 g/mol. The van der Waals surface area contributed by atoms with Gasteiger partial charge in [-0.1, -0.05) is 0 Å². The zero-order valence-corrected chi connectivity index (χ0v) is 10.9. The number of aromatic carboxylic acids is 1. The summed E-state index contributed by atoms with van der Waals surface area (Å²) in [5.41, 5.74) is 0.104. The van der Waals surface area contributed by atoms with Crippen molar-refractivity contribution in [2.75, 3.05) is 11.4 Å². The van der Waals surface area contributed by atoms with Crippen LogP contribution in [0.15, 0.2) is 0 Å². The molecule has 1 aromatic heterocycles. The zero-order chi connectivity index (χ0) is 13.0. The van der Waals surface area contributed by atoms with E-state index in [9.17, 15) is 4.79 Å². The number of nitrogens with zero attached hydrogens (tertiary/aromatic N) is 3. The van der Waals surface area contributed by atoms with Crippen molar-refractivity contribution in [2.45, 2.75) is 33.2 Å². The summed E-state index contributed by atoms with van der Waals surface area (Å²) in [7, 11) is 0. The van der Waals surface area contributed by atoms with Gasteiger partial charge in [-0.05, 0) is 20.8 Å². The lowest BCUT2D eigenvalue weighted by molar-refractivity contribution is 0.0690. The Morgan fingerprint density at radius 2 is 2.29 bits per heavy atom. The number of hydrogen-bond donors (Lipinski definition) is 1. The molecule has 0 unspecified atom stereocenters. The SMILES string of the molecule is Cc1sc(N(CCC#N)C(C)C)nc1C(=O)O. The van der Waals surface area contributed by atoms with Crippen LogP contribution in [-0.2, 0) is 0 Å². The van der Waals surface area contributed by atoms with Crippen LogP contribution in [0.5, 0.6) is 0 Å². The van der Waals surface area contributed by atoms with E-state index in [1.165, 1.54) is 11.3 Å². The Balaban J connectivity index is 2.99. The number of nitriles is 1. The second-order valence-corrected chi connectivity index (χ2v) is 5.08. The maximum atomic E-state index is 10.9. The van der Waals surface area contributed by atoms with Gasteiger partial charge in [-0.2, -0.15) is 5.26 Å². The van der Waals surface area contributed by atoms with Gasteiger partial charge in [-0.15, -0.1) is 11.3 Å². The highest BCUT2D eigenvalue weighted by Crippen LogP contribution is 2.27. The Kier molecular flexibility index (Phi) is 4.46. The number of anilines is 1. The molecule has 0 aliphatic heterocycles. The first-order valence-corrected chi connectivity index (χ1v) is 6.13. The van der Waals surface area contributed by atoms with Crippen LogP contribution in [0.3, 0.4) is 0 Å². The Morgan fingerprint density at radius 1 is 1.65 bits per heavy atom. The molecule has 0 spiro atoms. The smallest absolute Gasteiger partial charge is 0.355 e. The third-order valence-corrected chi connectivity index (χ3v) is 3.33. The molecular formula is C11H15N3O2S. The minimum atomic E-state index is -1.01. The van der Waals surface area contributed by atoms with Crippen molar-refractivity contribution in [1.82, 2.24) is 4.98 Å². The second kappa shape index (κ2) is 5.64. The molecule has 17 heavy (non-hydrogen) atoms. The quantitative estimate of drug-likeness (QED) is 0.871. The minimum Gasteiger partial charge on any atom is -0.476 e. The fourth-order valence-electron chi connectivity index (χ4n) is 1.45. The van der Waals surface area contributed by atoms with Crippen LogP contribution in [0.2, 0.25) is 0 Å². The summed E-state index contributed by atoms with van der Waals surface area (Å²) >= 11 is 1.35. The fourth-order valence-corrected chi connectivity index (χ4v) is 2.51. The first-order valence-electron chi connectivity index (χ1n) is 5.31. The lowest BCUT2D eigenvalue weighted by Gasteiger charge is -2.24. The van der Waals surface area contributed by atoms with Gasteiger partial charge in [0.05, 0.1) is 12.5 Å². The molecule has 1 N–H and O–H groups in total. The molecule has 1 heterocycles. The Morgan fingerprint density at radius 3 is 2.71 bits per heavy atom. The third kappa shape index (κ3) is 3.17. The van der Waals surface area contributed by atoms with Crippen molar-refractivity contribution < 1.29 is 9.90 Å². The standard InChI is InChI=1S/C11H15N3O2S/c1-7(2)14(6-4-5-12)11-13-9(10(15)16)8(3)17-11/h7H,4,6H2,1-3H3,(H,15,16). The Bertz CT molecular complexity index is 448. The number of rotatable bonds is 5. The van der Waals surface area contributed by atoms with Crippen molar-refractivity contribution in [3.05, 3.63) is 10.6 Å². The van der Waals surface area contributed by atoms with Crippen molar-refractivity contribution >= 4 is 22.4 Å². The van der Waals surface area contributed by atoms with Crippen LogP contribution in [0, 0.1) is 18.3 Å². The molecule has 0 saturated heterocycles. The lowest BCUT2D eigenvalue weighted by Crippen LogP contribution is -2.31. The zero-order valence-electron chi connectivity index (χ0n) is 10.1. The highest BCUT2D eigenvalue weighted by molar-refractivity contribution is 7.15. The number of carboxylic acids is 1. The average Bonchev–Trinajstić information content (AvgIpc) is 2.60. The summed E-state index contributed by atoms with van der Waals surface area (Å²) in [6.07, 6.45) is 0.402. The van der Waals surface area contributed by atoms with Crippen LogP contribution in [0.4, 0.5) is 5.13 Å². The molecule has 0 bridgehead atoms. The van der Waals surface area contributed by atoms with E-state index in [-0.39, 0.29) is 11.7 Å². The van der Waals surface area contributed by atoms with Crippen LogP contribution in [0.1, 0.15) is 35.6 Å². The molecule has 0 radical (unpaired) electrons. The highest BCUT2D eigenvalue weighted by atomic mass is 32.1. The number of thiazole rings is 1. The Hall–Kier alpha value is -1.61.